The van der Waals surface area contributed by atoms with Crippen LogP contribution >= 0.6 is 0 Å². The van der Waals surface area contributed by atoms with Crippen LogP contribution in [0.1, 0.15) is 41.2 Å². The van der Waals surface area contributed by atoms with E-state index in [4.69, 9.17) is 0 Å². The molecule has 3 rings (SSSR count). The van der Waals surface area contributed by atoms with Crippen LogP contribution in [0, 0.1) is 20.8 Å². The highest BCUT2D eigenvalue weighted by Crippen LogP contribution is 2.32. The van der Waals surface area contributed by atoms with Gasteiger partial charge in [0.15, 0.2) is 0 Å². The minimum absolute atomic E-state index is 0.0216. The van der Waals surface area contributed by atoms with Crippen molar-refractivity contribution in [1.29, 1.82) is 0 Å². The molecule has 0 unspecified atom stereocenters. The molecule has 0 aliphatic carbocycles. The van der Waals surface area contributed by atoms with Crippen LogP contribution < -0.4 is 10.2 Å². The zero-order valence-electron chi connectivity index (χ0n) is 18.5. The number of carbonyl (C=O) groups is 1. The van der Waals surface area contributed by atoms with E-state index < -0.39 is 0 Å². The summed E-state index contributed by atoms with van der Waals surface area (Å²) in [7, 11) is 4.10. The molecule has 0 aromatic heterocycles. The number of nitrogens with one attached hydrogen (secondary N) is 1. The van der Waals surface area contributed by atoms with E-state index in [9.17, 15) is 9.90 Å². The van der Waals surface area contributed by atoms with Crippen LogP contribution in [0.3, 0.4) is 0 Å². The molecule has 5 nitrogen and oxygen atoms in total. The van der Waals surface area contributed by atoms with E-state index in [1.807, 2.05) is 26.8 Å². The van der Waals surface area contributed by atoms with Crippen LogP contribution in [0.15, 0.2) is 24.3 Å². The van der Waals surface area contributed by atoms with E-state index in [2.05, 4.69) is 54.3 Å². The summed E-state index contributed by atoms with van der Waals surface area (Å²) in [5.41, 5.74) is 7.03. The SMILES string of the molecule is CCCN1Cc2cc(N(C)C)ccc2C[C@H]1C(=O)Nc1cc(C)c(O)c(C)c1C. The summed E-state index contributed by atoms with van der Waals surface area (Å²) in [6.07, 6.45) is 1.72. The lowest BCUT2D eigenvalue weighted by molar-refractivity contribution is -0.121. The molecule has 0 fully saturated rings. The lowest BCUT2D eigenvalue weighted by atomic mass is 9.92. The number of rotatable bonds is 5. The fourth-order valence-corrected chi connectivity index (χ4v) is 4.10. The first-order valence-electron chi connectivity index (χ1n) is 10.4. The molecule has 0 saturated heterocycles. The van der Waals surface area contributed by atoms with Crippen LogP contribution in [-0.2, 0) is 17.8 Å². The fourth-order valence-electron chi connectivity index (χ4n) is 4.10. The maximum atomic E-state index is 13.3. The minimum Gasteiger partial charge on any atom is -0.507 e. The Balaban J connectivity index is 1.88. The number of phenols is 1. The van der Waals surface area contributed by atoms with E-state index in [-0.39, 0.29) is 11.9 Å². The zero-order chi connectivity index (χ0) is 21.3. The average molecular weight is 396 g/mol. The monoisotopic (exact) mass is 395 g/mol. The third kappa shape index (κ3) is 4.25. The summed E-state index contributed by atoms with van der Waals surface area (Å²) < 4.78 is 0. The summed E-state index contributed by atoms with van der Waals surface area (Å²) in [6, 6.07) is 8.19. The van der Waals surface area contributed by atoms with Gasteiger partial charge in [-0.15, -0.1) is 0 Å². The first kappa shape index (κ1) is 21.2. The molecule has 1 heterocycles. The second kappa shape index (κ2) is 8.46. The third-order valence-electron chi connectivity index (χ3n) is 6.06. The number of carbonyl (C=O) groups excluding carboxylic acids is 1. The quantitative estimate of drug-likeness (QED) is 0.747. The van der Waals surface area contributed by atoms with Crippen molar-refractivity contribution in [3.63, 3.8) is 0 Å². The van der Waals surface area contributed by atoms with Gasteiger partial charge in [-0.05, 0) is 86.2 Å². The van der Waals surface area contributed by atoms with Gasteiger partial charge in [0.05, 0.1) is 6.04 Å². The number of benzene rings is 2. The Morgan fingerprint density at radius 2 is 1.90 bits per heavy atom. The lowest BCUT2D eigenvalue weighted by Gasteiger charge is -2.36. The molecular formula is C24H33N3O2. The second-order valence-corrected chi connectivity index (χ2v) is 8.37. The number of nitrogens with zero attached hydrogens (tertiary/aromatic N) is 2. The smallest absolute Gasteiger partial charge is 0.242 e. The topological polar surface area (TPSA) is 55.8 Å². The predicted molar refractivity (Wildman–Crippen MR) is 120 cm³/mol. The van der Waals surface area contributed by atoms with E-state index >= 15 is 0 Å². The molecular weight excluding hydrogens is 362 g/mol. The van der Waals surface area contributed by atoms with E-state index in [1.54, 1.807) is 0 Å². The number of aromatic hydroxyl groups is 1. The van der Waals surface area contributed by atoms with E-state index in [1.165, 1.54) is 16.8 Å². The molecule has 2 N–H and O–H groups in total. The van der Waals surface area contributed by atoms with Crippen LogP contribution in [-0.4, -0.2) is 42.6 Å². The Kier molecular flexibility index (Phi) is 6.18. The molecule has 0 radical (unpaired) electrons. The van der Waals surface area contributed by atoms with Crippen molar-refractivity contribution in [1.82, 2.24) is 4.90 Å². The van der Waals surface area contributed by atoms with Gasteiger partial charge in [0.1, 0.15) is 5.75 Å². The van der Waals surface area contributed by atoms with Crippen molar-refractivity contribution in [2.75, 3.05) is 30.9 Å². The summed E-state index contributed by atoms with van der Waals surface area (Å²) in [5.74, 6) is 0.324. The summed E-state index contributed by atoms with van der Waals surface area (Å²) in [5, 5.41) is 13.3. The number of hydrogen-bond donors (Lipinski definition) is 2. The largest absolute Gasteiger partial charge is 0.507 e. The second-order valence-electron chi connectivity index (χ2n) is 8.37. The minimum atomic E-state index is -0.193. The highest BCUT2D eigenvalue weighted by atomic mass is 16.3. The Bertz CT molecular complexity index is 921. The Morgan fingerprint density at radius 1 is 1.17 bits per heavy atom. The van der Waals surface area contributed by atoms with Crippen LogP contribution in [0.25, 0.3) is 0 Å². The molecule has 0 bridgehead atoms. The van der Waals surface area contributed by atoms with Crippen LogP contribution in [0.2, 0.25) is 0 Å². The normalized spacial score (nSPS) is 16.4. The van der Waals surface area contributed by atoms with Crippen LogP contribution in [0.5, 0.6) is 5.75 Å². The lowest BCUT2D eigenvalue weighted by Crippen LogP contribution is -2.48. The van der Waals surface area contributed by atoms with Crippen molar-refractivity contribution in [2.45, 2.75) is 53.1 Å². The molecule has 1 atom stereocenters. The van der Waals surface area contributed by atoms with Crippen molar-refractivity contribution in [2.24, 2.45) is 0 Å². The highest BCUT2D eigenvalue weighted by molar-refractivity contribution is 5.96. The fraction of sp³-hybridized carbons (Fsp3) is 0.458. The molecule has 2 aromatic carbocycles. The zero-order valence-corrected chi connectivity index (χ0v) is 18.5. The van der Waals surface area contributed by atoms with Crippen molar-refractivity contribution in [3.8, 4) is 5.75 Å². The number of amides is 1. The van der Waals surface area contributed by atoms with E-state index in [0.29, 0.717) is 12.2 Å². The van der Waals surface area contributed by atoms with Crippen molar-refractivity contribution >= 4 is 17.3 Å². The third-order valence-corrected chi connectivity index (χ3v) is 6.06. The van der Waals surface area contributed by atoms with Gasteiger partial charge in [0, 0.05) is 32.0 Å². The van der Waals surface area contributed by atoms with Gasteiger partial charge >= 0.3 is 0 Å². The van der Waals surface area contributed by atoms with Crippen molar-refractivity contribution in [3.05, 3.63) is 52.1 Å². The Hall–Kier alpha value is -2.53. The van der Waals surface area contributed by atoms with E-state index in [0.717, 1.165) is 41.9 Å². The Labute approximate surface area is 174 Å². The predicted octanol–water partition coefficient (Wildman–Crippen LogP) is 4.16. The van der Waals surface area contributed by atoms with Gasteiger partial charge in [-0.3, -0.25) is 9.69 Å². The summed E-state index contributed by atoms with van der Waals surface area (Å²) in [4.78, 5) is 17.7. The first-order valence-corrected chi connectivity index (χ1v) is 10.4. The number of aryl methyl sites for hydroxylation is 1. The molecule has 29 heavy (non-hydrogen) atoms. The molecule has 156 valence electrons. The van der Waals surface area contributed by atoms with Gasteiger partial charge in [-0.25, -0.2) is 0 Å². The number of anilines is 2. The molecule has 0 saturated carbocycles. The van der Waals surface area contributed by atoms with Gasteiger partial charge in [0.2, 0.25) is 5.91 Å². The van der Waals surface area contributed by atoms with Crippen LogP contribution in [0.4, 0.5) is 11.4 Å². The maximum Gasteiger partial charge on any atom is 0.242 e. The number of fused-ring (bicyclic) bond motifs is 1. The van der Waals surface area contributed by atoms with Gasteiger partial charge in [0.25, 0.3) is 0 Å². The average Bonchev–Trinajstić information content (AvgIpc) is 2.69. The van der Waals surface area contributed by atoms with Crippen molar-refractivity contribution < 1.29 is 9.90 Å². The highest BCUT2D eigenvalue weighted by Gasteiger charge is 2.31. The molecule has 1 amide bonds. The Morgan fingerprint density at radius 3 is 2.55 bits per heavy atom. The molecule has 5 heteroatoms. The summed E-state index contributed by atoms with van der Waals surface area (Å²) >= 11 is 0. The molecule has 1 aliphatic heterocycles. The standard InChI is InChI=1S/C24H33N3O2/c1-7-10-27-14-19-12-20(26(5)6)9-8-18(19)13-22(27)24(29)25-21-11-15(2)23(28)17(4)16(21)3/h8-9,11-12,22,28H,7,10,13-14H2,1-6H3,(H,25,29)/t22-/m0/s1. The number of hydrogen-bond acceptors (Lipinski definition) is 4. The van der Waals surface area contributed by atoms with Gasteiger partial charge < -0.3 is 15.3 Å². The maximum absolute atomic E-state index is 13.3. The van der Waals surface area contributed by atoms with Gasteiger partial charge in [-0.2, -0.15) is 0 Å². The summed E-state index contributed by atoms with van der Waals surface area (Å²) in [6.45, 7) is 9.51. The molecule has 1 aliphatic rings. The molecule has 0 spiro atoms. The van der Waals surface area contributed by atoms with Gasteiger partial charge in [-0.1, -0.05) is 13.0 Å². The first-order chi connectivity index (χ1) is 13.7. The number of phenolic OH excluding ortho intramolecular Hbond substituents is 1. The molecule has 2 aromatic rings.